The molecule has 1 aromatic carbocycles. The fourth-order valence-corrected chi connectivity index (χ4v) is 2.57. The van der Waals surface area contributed by atoms with Crippen LogP contribution >= 0.6 is 15.9 Å². The molecule has 92 valence electrons. The SMILES string of the molecule is Cc1ccccc1CC(=O)NCC(Br)C1CC1. The zero-order valence-corrected chi connectivity index (χ0v) is 11.7. The topological polar surface area (TPSA) is 29.1 Å². The van der Waals surface area contributed by atoms with Crippen LogP contribution < -0.4 is 5.32 Å². The molecular weight excluding hydrogens is 278 g/mol. The number of aryl methyl sites for hydroxylation is 1. The van der Waals surface area contributed by atoms with Gasteiger partial charge in [0.25, 0.3) is 0 Å². The summed E-state index contributed by atoms with van der Waals surface area (Å²) in [7, 11) is 0. The molecule has 1 unspecified atom stereocenters. The van der Waals surface area contributed by atoms with E-state index in [1.807, 2.05) is 31.2 Å². The predicted molar refractivity (Wildman–Crippen MR) is 73.3 cm³/mol. The van der Waals surface area contributed by atoms with E-state index >= 15 is 0 Å². The van der Waals surface area contributed by atoms with Crippen molar-refractivity contribution in [3.05, 3.63) is 35.4 Å². The summed E-state index contributed by atoms with van der Waals surface area (Å²) in [6, 6.07) is 8.03. The molecule has 0 aromatic heterocycles. The van der Waals surface area contributed by atoms with E-state index in [1.54, 1.807) is 0 Å². The Morgan fingerprint density at radius 2 is 2.18 bits per heavy atom. The first-order chi connectivity index (χ1) is 8.16. The summed E-state index contributed by atoms with van der Waals surface area (Å²) in [5.41, 5.74) is 2.29. The molecule has 1 saturated carbocycles. The highest BCUT2D eigenvalue weighted by Crippen LogP contribution is 2.36. The van der Waals surface area contributed by atoms with Crippen LogP contribution in [0.2, 0.25) is 0 Å². The first kappa shape index (κ1) is 12.6. The minimum Gasteiger partial charge on any atom is -0.355 e. The van der Waals surface area contributed by atoms with Crippen LogP contribution in [0.15, 0.2) is 24.3 Å². The van der Waals surface area contributed by atoms with Crippen molar-refractivity contribution in [1.82, 2.24) is 5.32 Å². The van der Waals surface area contributed by atoms with Crippen LogP contribution in [-0.2, 0) is 11.2 Å². The van der Waals surface area contributed by atoms with Crippen LogP contribution in [0.1, 0.15) is 24.0 Å². The van der Waals surface area contributed by atoms with E-state index in [0.717, 1.165) is 18.0 Å². The highest BCUT2D eigenvalue weighted by atomic mass is 79.9. The monoisotopic (exact) mass is 295 g/mol. The van der Waals surface area contributed by atoms with E-state index in [0.29, 0.717) is 11.2 Å². The number of hydrogen-bond donors (Lipinski definition) is 1. The van der Waals surface area contributed by atoms with Crippen molar-refractivity contribution in [3.8, 4) is 0 Å². The number of halogens is 1. The van der Waals surface area contributed by atoms with Crippen molar-refractivity contribution in [3.63, 3.8) is 0 Å². The summed E-state index contributed by atoms with van der Waals surface area (Å²) in [6.07, 6.45) is 3.07. The van der Waals surface area contributed by atoms with Gasteiger partial charge in [-0.25, -0.2) is 0 Å². The molecule has 0 saturated heterocycles. The molecule has 2 nitrogen and oxygen atoms in total. The van der Waals surface area contributed by atoms with Gasteiger partial charge in [0.15, 0.2) is 0 Å². The second-order valence-corrected chi connectivity index (χ2v) is 5.94. The van der Waals surface area contributed by atoms with Gasteiger partial charge in [0.05, 0.1) is 6.42 Å². The largest absolute Gasteiger partial charge is 0.355 e. The van der Waals surface area contributed by atoms with Gasteiger partial charge in [-0.15, -0.1) is 0 Å². The van der Waals surface area contributed by atoms with Gasteiger partial charge in [-0.3, -0.25) is 4.79 Å². The third-order valence-electron chi connectivity index (χ3n) is 3.24. The Labute approximate surface area is 111 Å². The maximum absolute atomic E-state index is 11.8. The van der Waals surface area contributed by atoms with Crippen LogP contribution in [-0.4, -0.2) is 17.3 Å². The Morgan fingerprint density at radius 1 is 1.47 bits per heavy atom. The van der Waals surface area contributed by atoms with Gasteiger partial charge in [0.1, 0.15) is 0 Å². The first-order valence-electron chi connectivity index (χ1n) is 6.12. The van der Waals surface area contributed by atoms with Gasteiger partial charge >= 0.3 is 0 Å². The molecule has 1 atom stereocenters. The molecule has 2 rings (SSSR count). The third-order valence-corrected chi connectivity index (χ3v) is 4.31. The van der Waals surface area contributed by atoms with Crippen LogP contribution in [0.25, 0.3) is 0 Å². The number of benzene rings is 1. The molecule has 1 fully saturated rings. The molecule has 1 aliphatic carbocycles. The number of nitrogens with one attached hydrogen (secondary N) is 1. The van der Waals surface area contributed by atoms with Crippen LogP contribution in [0, 0.1) is 12.8 Å². The zero-order chi connectivity index (χ0) is 12.3. The molecule has 17 heavy (non-hydrogen) atoms. The second-order valence-electron chi connectivity index (χ2n) is 4.76. The Morgan fingerprint density at radius 3 is 2.82 bits per heavy atom. The number of carbonyl (C=O) groups is 1. The summed E-state index contributed by atoms with van der Waals surface area (Å²) in [6.45, 7) is 2.79. The molecule has 0 bridgehead atoms. The lowest BCUT2D eigenvalue weighted by Gasteiger charge is -2.10. The highest BCUT2D eigenvalue weighted by Gasteiger charge is 2.29. The highest BCUT2D eigenvalue weighted by molar-refractivity contribution is 9.09. The van der Waals surface area contributed by atoms with Gasteiger partial charge in [0.2, 0.25) is 5.91 Å². The lowest BCUT2D eigenvalue weighted by atomic mass is 10.1. The van der Waals surface area contributed by atoms with Gasteiger partial charge < -0.3 is 5.32 Å². The average Bonchev–Trinajstić information content (AvgIpc) is 3.13. The molecule has 1 amide bonds. The van der Waals surface area contributed by atoms with Crippen LogP contribution in [0.5, 0.6) is 0 Å². The Balaban J connectivity index is 1.78. The van der Waals surface area contributed by atoms with E-state index in [4.69, 9.17) is 0 Å². The van der Waals surface area contributed by atoms with Crippen molar-refractivity contribution in [2.75, 3.05) is 6.54 Å². The summed E-state index contributed by atoms with van der Waals surface area (Å²) in [4.78, 5) is 12.2. The van der Waals surface area contributed by atoms with Crippen LogP contribution in [0.3, 0.4) is 0 Å². The van der Waals surface area contributed by atoms with E-state index in [-0.39, 0.29) is 5.91 Å². The predicted octanol–water partition coefficient (Wildman–Crippen LogP) is 2.83. The maximum Gasteiger partial charge on any atom is 0.224 e. The molecular formula is C14H18BrNO. The fourth-order valence-electron chi connectivity index (χ4n) is 1.88. The Bertz CT molecular complexity index is 401. The Kier molecular flexibility index (Phi) is 4.21. The number of amides is 1. The third kappa shape index (κ3) is 3.84. The molecule has 3 heteroatoms. The number of carbonyl (C=O) groups excluding carboxylic acids is 1. The van der Waals surface area contributed by atoms with Gasteiger partial charge in [-0.05, 0) is 36.8 Å². The summed E-state index contributed by atoms with van der Waals surface area (Å²) in [5.74, 6) is 0.887. The standard InChI is InChI=1S/C14H18BrNO/c1-10-4-2-3-5-12(10)8-14(17)16-9-13(15)11-6-7-11/h2-5,11,13H,6-9H2,1H3,(H,16,17). The molecule has 0 radical (unpaired) electrons. The molecule has 0 spiro atoms. The number of rotatable bonds is 5. The zero-order valence-electron chi connectivity index (χ0n) is 10.1. The second kappa shape index (κ2) is 5.67. The molecule has 1 N–H and O–H groups in total. The number of alkyl halides is 1. The van der Waals surface area contributed by atoms with Crippen molar-refractivity contribution < 1.29 is 4.79 Å². The van der Waals surface area contributed by atoms with Gasteiger partial charge in [0, 0.05) is 11.4 Å². The Hall–Kier alpha value is -0.830. The van der Waals surface area contributed by atoms with Crippen molar-refractivity contribution in [2.24, 2.45) is 5.92 Å². The fraction of sp³-hybridized carbons (Fsp3) is 0.500. The average molecular weight is 296 g/mol. The summed E-state index contributed by atoms with van der Waals surface area (Å²) < 4.78 is 0. The summed E-state index contributed by atoms with van der Waals surface area (Å²) >= 11 is 3.62. The van der Waals surface area contributed by atoms with Crippen LogP contribution in [0.4, 0.5) is 0 Å². The van der Waals surface area contributed by atoms with Gasteiger partial charge in [-0.2, -0.15) is 0 Å². The smallest absolute Gasteiger partial charge is 0.224 e. The molecule has 1 aromatic rings. The molecule has 1 aliphatic rings. The van der Waals surface area contributed by atoms with E-state index in [2.05, 4.69) is 21.2 Å². The number of hydrogen-bond acceptors (Lipinski definition) is 1. The lowest BCUT2D eigenvalue weighted by molar-refractivity contribution is -0.120. The van der Waals surface area contributed by atoms with Crippen molar-refractivity contribution >= 4 is 21.8 Å². The van der Waals surface area contributed by atoms with Gasteiger partial charge in [-0.1, -0.05) is 40.2 Å². The quantitative estimate of drug-likeness (QED) is 0.832. The van der Waals surface area contributed by atoms with E-state index in [9.17, 15) is 4.79 Å². The van der Waals surface area contributed by atoms with E-state index in [1.165, 1.54) is 18.4 Å². The van der Waals surface area contributed by atoms with E-state index < -0.39 is 0 Å². The first-order valence-corrected chi connectivity index (χ1v) is 7.03. The summed E-state index contributed by atoms with van der Waals surface area (Å²) in [5, 5.41) is 2.99. The lowest BCUT2D eigenvalue weighted by Crippen LogP contribution is -2.31. The normalized spacial score (nSPS) is 16.6. The minimum absolute atomic E-state index is 0.115. The molecule has 0 heterocycles. The van der Waals surface area contributed by atoms with Crippen molar-refractivity contribution in [1.29, 1.82) is 0 Å². The van der Waals surface area contributed by atoms with Crippen molar-refractivity contribution in [2.45, 2.75) is 31.0 Å². The minimum atomic E-state index is 0.115. The maximum atomic E-state index is 11.8. The molecule has 0 aliphatic heterocycles.